The highest BCUT2D eigenvalue weighted by molar-refractivity contribution is 5.93. The zero-order chi connectivity index (χ0) is 13.9. The molecule has 0 bridgehead atoms. The number of nitrogens with zero attached hydrogens (tertiary/aromatic N) is 3. The van der Waals surface area contributed by atoms with Crippen LogP contribution in [0.5, 0.6) is 0 Å². The van der Waals surface area contributed by atoms with Crippen molar-refractivity contribution < 1.29 is 9.21 Å². The third-order valence-corrected chi connectivity index (χ3v) is 2.71. The van der Waals surface area contributed by atoms with Gasteiger partial charge in [-0.05, 0) is 24.3 Å². The maximum Gasteiger partial charge on any atom is 0.283 e. The highest BCUT2D eigenvalue weighted by Crippen LogP contribution is 2.21. The predicted octanol–water partition coefficient (Wildman–Crippen LogP) is 1.13. The standard InChI is InChI=1S/C13H11N5O2/c14-16-13(19)10-8-9(11-4-3-7-20-11)17-18(10)12-5-1-2-6-15-12/h1-8H,14H2,(H,16,19). The third-order valence-electron chi connectivity index (χ3n) is 2.71. The number of rotatable bonds is 3. The number of nitrogens with two attached hydrogens (primary N) is 1. The number of furan rings is 1. The van der Waals surface area contributed by atoms with E-state index in [0.29, 0.717) is 17.3 Å². The Balaban J connectivity index is 2.15. The number of nitrogen functional groups attached to an aromatic ring is 1. The van der Waals surface area contributed by atoms with Crippen molar-refractivity contribution in [3.63, 3.8) is 0 Å². The van der Waals surface area contributed by atoms with E-state index in [-0.39, 0.29) is 5.69 Å². The van der Waals surface area contributed by atoms with Gasteiger partial charge >= 0.3 is 0 Å². The van der Waals surface area contributed by atoms with Crippen LogP contribution in [0, 0.1) is 0 Å². The molecule has 0 radical (unpaired) electrons. The quantitative estimate of drug-likeness (QED) is 0.422. The molecule has 0 aromatic carbocycles. The first-order chi connectivity index (χ1) is 9.79. The minimum absolute atomic E-state index is 0.276. The van der Waals surface area contributed by atoms with Crippen molar-refractivity contribution in [2.45, 2.75) is 0 Å². The van der Waals surface area contributed by atoms with Crippen molar-refractivity contribution in [3.8, 4) is 17.3 Å². The van der Waals surface area contributed by atoms with Gasteiger partial charge in [-0.25, -0.2) is 15.5 Å². The number of carbonyl (C=O) groups excluding carboxylic acids is 1. The summed E-state index contributed by atoms with van der Waals surface area (Å²) in [6.45, 7) is 0. The lowest BCUT2D eigenvalue weighted by molar-refractivity contribution is 0.0945. The van der Waals surface area contributed by atoms with Gasteiger partial charge in [-0.1, -0.05) is 6.07 Å². The molecule has 0 saturated heterocycles. The number of hydrazine groups is 1. The molecule has 100 valence electrons. The van der Waals surface area contributed by atoms with Crippen LogP contribution in [0.15, 0.2) is 53.3 Å². The molecule has 20 heavy (non-hydrogen) atoms. The van der Waals surface area contributed by atoms with E-state index in [9.17, 15) is 4.79 Å². The van der Waals surface area contributed by atoms with Crippen molar-refractivity contribution in [3.05, 3.63) is 54.6 Å². The van der Waals surface area contributed by atoms with Crippen molar-refractivity contribution >= 4 is 5.91 Å². The molecule has 0 fully saturated rings. The van der Waals surface area contributed by atoms with Gasteiger partial charge in [0.05, 0.1) is 6.26 Å². The maximum absolute atomic E-state index is 11.8. The van der Waals surface area contributed by atoms with Crippen LogP contribution >= 0.6 is 0 Å². The fourth-order valence-corrected chi connectivity index (χ4v) is 1.82. The number of hydrogen-bond acceptors (Lipinski definition) is 5. The second-order valence-electron chi connectivity index (χ2n) is 3.97. The second-order valence-corrected chi connectivity index (χ2v) is 3.97. The van der Waals surface area contributed by atoms with E-state index in [1.165, 1.54) is 10.9 Å². The first-order valence-electron chi connectivity index (χ1n) is 5.86. The van der Waals surface area contributed by atoms with Crippen molar-refractivity contribution in [2.24, 2.45) is 5.84 Å². The van der Waals surface area contributed by atoms with E-state index in [1.54, 1.807) is 42.6 Å². The Kier molecular flexibility index (Phi) is 3.02. The number of amides is 1. The average Bonchev–Trinajstić information content (AvgIpc) is 3.16. The van der Waals surface area contributed by atoms with E-state index in [0.717, 1.165) is 0 Å². The van der Waals surface area contributed by atoms with E-state index in [4.69, 9.17) is 10.3 Å². The normalized spacial score (nSPS) is 10.4. The molecule has 3 N–H and O–H groups in total. The molecule has 3 aromatic heterocycles. The summed E-state index contributed by atoms with van der Waals surface area (Å²) in [6.07, 6.45) is 3.16. The first kappa shape index (κ1) is 12.1. The van der Waals surface area contributed by atoms with Gasteiger partial charge < -0.3 is 4.42 Å². The summed E-state index contributed by atoms with van der Waals surface area (Å²) in [5.74, 6) is 5.82. The molecule has 0 aliphatic rings. The first-order valence-corrected chi connectivity index (χ1v) is 5.86. The minimum atomic E-state index is -0.457. The summed E-state index contributed by atoms with van der Waals surface area (Å²) >= 11 is 0. The molecular weight excluding hydrogens is 258 g/mol. The van der Waals surface area contributed by atoms with Gasteiger partial charge in [-0.2, -0.15) is 5.10 Å². The van der Waals surface area contributed by atoms with Gasteiger partial charge in [-0.3, -0.25) is 10.2 Å². The highest BCUT2D eigenvalue weighted by Gasteiger charge is 2.18. The Morgan fingerprint density at radius 1 is 1.30 bits per heavy atom. The number of aromatic nitrogens is 3. The number of carbonyl (C=O) groups is 1. The van der Waals surface area contributed by atoms with Crippen LogP contribution in [-0.4, -0.2) is 20.7 Å². The Morgan fingerprint density at radius 2 is 2.20 bits per heavy atom. The van der Waals surface area contributed by atoms with Gasteiger partial charge in [0.25, 0.3) is 5.91 Å². The molecule has 3 heterocycles. The lowest BCUT2D eigenvalue weighted by atomic mass is 10.3. The van der Waals surface area contributed by atoms with E-state index in [2.05, 4.69) is 15.5 Å². The third kappa shape index (κ3) is 2.06. The van der Waals surface area contributed by atoms with Crippen molar-refractivity contribution in [1.29, 1.82) is 0 Å². The molecule has 3 aromatic rings. The molecular formula is C13H11N5O2. The maximum atomic E-state index is 11.8. The summed E-state index contributed by atoms with van der Waals surface area (Å²) < 4.78 is 6.69. The van der Waals surface area contributed by atoms with Crippen molar-refractivity contribution in [2.75, 3.05) is 0 Å². The Bertz CT molecular complexity index is 719. The molecule has 0 spiro atoms. The lowest BCUT2D eigenvalue weighted by Gasteiger charge is -2.04. The highest BCUT2D eigenvalue weighted by atomic mass is 16.3. The SMILES string of the molecule is NNC(=O)c1cc(-c2ccco2)nn1-c1ccccn1. The molecule has 0 unspecified atom stereocenters. The molecule has 0 aliphatic heterocycles. The van der Waals surface area contributed by atoms with Crippen LogP contribution in [0.2, 0.25) is 0 Å². The van der Waals surface area contributed by atoms with E-state index in [1.807, 2.05) is 0 Å². The Hall–Kier alpha value is -2.93. The summed E-state index contributed by atoms with van der Waals surface area (Å²) in [7, 11) is 0. The second kappa shape index (κ2) is 4.98. The monoisotopic (exact) mass is 269 g/mol. The topological polar surface area (TPSA) is 99.0 Å². The fourth-order valence-electron chi connectivity index (χ4n) is 1.82. The van der Waals surface area contributed by atoms with Crippen LogP contribution in [0.3, 0.4) is 0 Å². The fraction of sp³-hybridized carbons (Fsp3) is 0. The van der Waals surface area contributed by atoms with Gasteiger partial charge in [0.2, 0.25) is 0 Å². The van der Waals surface area contributed by atoms with Gasteiger partial charge in [0.1, 0.15) is 11.4 Å². The van der Waals surface area contributed by atoms with Gasteiger partial charge in [-0.15, -0.1) is 0 Å². The van der Waals surface area contributed by atoms with Crippen LogP contribution in [-0.2, 0) is 0 Å². The van der Waals surface area contributed by atoms with Crippen LogP contribution in [0.25, 0.3) is 17.3 Å². The Labute approximate surface area is 114 Å². The molecule has 7 heteroatoms. The summed E-state index contributed by atoms with van der Waals surface area (Å²) in [5, 5.41) is 4.34. The van der Waals surface area contributed by atoms with Gasteiger partial charge in [0.15, 0.2) is 11.6 Å². The zero-order valence-electron chi connectivity index (χ0n) is 10.4. The van der Waals surface area contributed by atoms with Gasteiger partial charge in [0, 0.05) is 12.3 Å². The van der Waals surface area contributed by atoms with Crippen molar-refractivity contribution in [1.82, 2.24) is 20.2 Å². The molecule has 3 rings (SSSR count). The summed E-state index contributed by atoms with van der Waals surface area (Å²) in [4.78, 5) is 16.0. The molecule has 7 nitrogen and oxygen atoms in total. The molecule has 0 saturated carbocycles. The minimum Gasteiger partial charge on any atom is -0.463 e. The van der Waals surface area contributed by atoms with Crippen LogP contribution < -0.4 is 11.3 Å². The van der Waals surface area contributed by atoms with Crippen LogP contribution in [0.1, 0.15) is 10.5 Å². The smallest absolute Gasteiger partial charge is 0.283 e. The molecule has 0 atom stereocenters. The summed E-state index contributed by atoms with van der Waals surface area (Å²) in [6, 6.07) is 10.4. The van der Waals surface area contributed by atoms with E-state index < -0.39 is 5.91 Å². The van der Waals surface area contributed by atoms with Crippen LogP contribution in [0.4, 0.5) is 0 Å². The summed E-state index contributed by atoms with van der Waals surface area (Å²) in [5.41, 5.74) is 2.89. The average molecular weight is 269 g/mol. The Morgan fingerprint density at radius 3 is 2.85 bits per heavy atom. The molecule has 0 aliphatic carbocycles. The number of nitrogens with one attached hydrogen (secondary N) is 1. The molecule has 1 amide bonds. The zero-order valence-corrected chi connectivity index (χ0v) is 10.4. The largest absolute Gasteiger partial charge is 0.463 e. The lowest BCUT2D eigenvalue weighted by Crippen LogP contribution is -2.31. The predicted molar refractivity (Wildman–Crippen MR) is 70.7 cm³/mol. The van der Waals surface area contributed by atoms with E-state index >= 15 is 0 Å². The number of pyridine rings is 1. The number of hydrogen-bond donors (Lipinski definition) is 2.